The predicted octanol–water partition coefficient (Wildman–Crippen LogP) is 1.74. The molecule has 0 aliphatic carbocycles. The van der Waals surface area contributed by atoms with Crippen LogP contribution in [0.2, 0.25) is 0 Å². The SMILES string of the molecule is CCNCc1cc(S(=O)(=O)NCC(C)C)ccc1OC. The maximum atomic E-state index is 12.2. The maximum Gasteiger partial charge on any atom is 0.240 e. The Morgan fingerprint density at radius 2 is 2.00 bits per heavy atom. The predicted molar refractivity (Wildman–Crippen MR) is 80.4 cm³/mol. The summed E-state index contributed by atoms with van der Waals surface area (Å²) in [5, 5.41) is 3.17. The van der Waals surface area contributed by atoms with Crippen LogP contribution < -0.4 is 14.8 Å². The van der Waals surface area contributed by atoms with E-state index in [4.69, 9.17) is 4.74 Å². The van der Waals surface area contributed by atoms with Crippen molar-refractivity contribution < 1.29 is 13.2 Å². The molecule has 0 unspecified atom stereocenters. The zero-order chi connectivity index (χ0) is 15.2. The molecule has 0 aliphatic rings. The summed E-state index contributed by atoms with van der Waals surface area (Å²) in [4.78, 5) is 0.270. The van der Waals surface area contributed by atoms with Crippen molar-refractivity contribution in [3.05, 3.63) is 23.8 Å². The van der Waals surface area contributed by atoms with Crippen LogP contribution in [0.25, 0.3) is 0 Å². The Kier molecular flexibility index (Phi) is 6.45. The number of benzene rings is 1. The number of nitrogens with one attached hydrogen (secondary N) is 2. The van der Waals surface area contributed by atoms with E-state index in [0.29, 0.717) is 18.8 Å². The maximum absolute atomic E-state index is 12.2. The van der Waals surface area contributed by atoms with E-state index in [1.807, 2.05) is 20.8 Å². The van der Waals surface area contributed by atoms with E-state index in [9.17, 15) is 8.42 Å². The molecule has 6 heteroatoms. The van der Waals surface area contributed by atoms with Gasteiger partial charge >= 0.3 is 0 Å². The average Bonchev–Trinajstić information content (AvgIpc) is 2.42. The Bertz CT molecular complexity index is 527. The third-order valence-corrected chi connectivity index (χ3v) is 4.23. The lowest BCUT2D eigenvalue weighted by Crippen LogP contribution is -2.27. The first-order valence-electron chi connectivity index (χ1n) is 6.78. The van der Waals surface area contributed by atoms with Gasteiger partial charge in [0.1, 0.15) is 5.75 Å². The third kappa shape index (κ3) is 4.77. The second kappa shape index (κ2) is 7.61. The van der Waals surface area contributed by atoms with E-state index in [2.05, 4.69) is 10.0 Å². The van der Waals surface area contributed by atoms with Crippen LogP contribution >= 0.6 is 0 Å². The van der Waals surface area contributed by atoms with Gasteiger partial charge in [-0.05, 0) is 30.7 Å². The van der Waals surface area contributed by atoms with E-state index < -0.39 is 10.0 Å². The lowest BCUT2D eigenvalue weighted by molar-refractivity contribution is 0.407. The number of hydrogen-bond donors (Lipinski definition) is 2. The molecule has 0 saturated heterocycles. The zero-order valence-corrected chi connectivity index (χ0v) is 13.4. The van der Waals surface area contributed by atoms with E-state index in [-0.39, 0.29) is 10.8 Å². The van der Waals surface area contributed by atoms with Gasteiger partial charge in [-0.2, -0.15) is 0 Å². The zero-order valence-electron chi connectivity index (χ0n) is 12.6. The van der Waals surface area contributed by atoms with Gasteiger partial charge in [-0.15, -0.1) is 0 Å². The molecule has 1 aromatic carbocycles. The van der Waals surface area contributed by atoms with Crippen molar-refractivity contribution in [2.75, 3.05) is 20.2 Å². The molecule has 0 amide bonds. The number of ether oxygens (including phenoxy) is 1. The summed E-state index contributed by atoms with van der Waals surface area (Å²) in [5.41, 5.74) is 0.835. The molecule has 0 aliphatic heterocycles. The minimum absolute atomic E-state index is 0.268. The lowest BCUT2D eigenvalue weighted by Gasteiger charge is -2.13. The molecule has 0 radical (unpaired) electrons. The summed E-state index contributed by atoms with van der Waals surface area (Å²) in [6.45, 7) is 7.74. The molecular formula is C14H24N2O3S. The smallest absolute Gasteiger partial charge is 0.240 e. The number of hydrogen-bond acceptors (Lipinski definition) is 4. The number of methoxy groups -OCH3 is 1. The highest BCUT2D eigenvalue weighted by molar-refractivity contribution is 7.89. The van der Waals surface area contributed by atoms with Gasteiger partial charge in [0, 0.05) is 18.7 Å². The summed E-state index contributed by atoms with van der Waals surface area (Å²) in [6, 6.07) is 4.91. The minimum atomic E-state index is -3.46. The van der Waals surface area contributed by atoms with Crippen LogP contribution in [0.3, 0.4) is 0 Å². The second-order valence-electron chi connectivity index (χ2n) is 5.00. The van der Waals surface area contributed by atoms with Crippen molar-refractivity contribution in [2.45, 2.75) is 32.2 Å². The van der Waals surface area contributed by atoms with Crippen molar-refractivity contribution >= 4 is 10.0 Å². The molecule has 0 atom stereocenters. The van der Waals surface area contributed by atoms with Crippen LogP contribution in [0.4, 0.5) is 0 Å². The van der Waals surface area contributed by atoms with Gasteiger partial charge in [0.2, 0.25) is 10.0 Å². The van der Waals surface area contributed by atoms with Crippen molar-refractivity contribution in [1.82, 2.24) is 10.0 Å². The fraction of sp³-hybridized carbons (Fsp3) is 0.571. The molecular weight excluding hydrogens is 276 g/mol. The minimum Gasteiger partial charge on any atom is -0.496 e. The fourth-order valence-corrected chi connectivity index (χ4v) is 2.94. The Morgan fingerprint density at radius 1 is 1.30 bits per heavy atom. The third-order valence-electron chi connectivity index (χ3n) is 2.81. The molecule has 1 rings (SSSR count). The summed E-state index contributed by atoms with van der Waals surface area (Å²) in [6.07, 6.45) is 0. The molecule has 0 aromatic heterocycles. The molecule has 2 N–H and O–H groups in total. The summed E-state index contributed by atoms with van der Waals surface area (Å²) >= 11 is 0. The van der Waals surface area contributed by atoms with Gasteiger partial charge < -0.3 is 10.1 Å². The monoisotopic (exact) mass is 300 g/mol. The first kappa shape index (κ1) is 16.9. The summed E-state index contributed by atoms with van der Waals surface area (Å²) in [7, 11) is -1.88. The van der Waals surface area contributed by atoms with Crippen molar-refractivity contribution in [1.29, 1.82) is 0 Å². The quantitative estimate of drug-likeness (QED) is 0.767. The molecule has 0 bridgehead atoms. The van der Waals surface area contributed by atoms with E-state index in [1.165, 1.54) is 0 Å². The average molecular weight is 300 g/mol. The fourth-order valence-electron chi connectivity index (χ4n) is 1.68. The van der Waals surface area contributed by atoms with Gasteiger partial charge in [0.25, 0.3) is 0 Å². The van der Waals surface area contributed by atoms with Gasteiger partial charge in [0.05, 0.1) is 12.0 Å². The molecule has 20 heavy (non-hydrogen) atoms. The molecule has 0 spiro atoms. The van der Waals surface area contributed by atoms with Crippen LogP contribution in [-0.2, 0) is 16.6 Å². The Balaban J connectivity index is 3.00. The van der Waals surface area contributed by atoms with Crippen molar-refractivity contribution in [2.24, 2.45) is 5.92 Å². The van der Waals surface area contributed by atoms with Gasteiger partial charge in [-0.25, -0.2) is 13.1 Å². The van der Waals surface area contributed by atoms with Crippen LogP contribution in [0.5, 0.6) is 5.75 Å². The summed E-state index contributed by atoms with van der Waals surface area (Å²) in [5.74, 6) is 0.956. The standard InChI is InChI=1S/C14H24N2O3S/c1-5-15-10-12-8-13(6-7-14(12)19-4)20(17,18)16-9-11(2)3/h6-8,11,15-16H,5,9-10H2,1-4H3. The van der Waals surface area contributed by atoms with Crippen LogP contribution in [0.1, 0.15) is 26.3 Å². The lowest BCUT2D eigenvalue weighted by atomic mass is 10.2. The van der Waals surface area contributed by atoms with Crippen LogP contribution in [0.15, 0.2) is 23.1 Å². The van der Waals surface area contributed by atoms with Crippen molar-refractivity contribution in [3.63, 3.8) is 0 Å². The number of rotatable bonds is 8. The topological polar surface area (TPSA) is 67.4 Å². The van der Waals surface area contributed by atoms with E-state index >= 15 is 0 Å². The highest BCUT2D eigenvalue weighted by Gasteiger charge is 2.16. The van der Waals surface area contributed by atoms with Gasteiger partial charge in [-0.1, -0.05) is 20.8 Å². The van der Waals surface area contributed by atoms with Crippen molar-refractivity contribution in [3.8, 4) is 5.75 Å². The molecule has 0 saturated carbocycles. The van der Waals surface area contributed by atoms with Crippen LogP contribution in [0, 0.1) is 5.92 Å². The normalized spacial score (nSPS) is 11.8. The molecule has 114 valence electrons. The Labute approximate surface area is 121 Å². The molecule has 1 aromatic rings. The Hall–Kier alpha value is -1.11. The van der Waals surface area contributed by atoms with E-state index in [0.717, 1.165) is 12.1 Å². The Morgan fingerprint density at radius 3 is 2.55 bits per heavy atom. The second-order valence-corrected chi connectivity index (χ2v) is 6.77. The number of sulfonamides is 1. The highest BCUT2D eigenvalue weighted by Crippen LogP contribution is 2.22. The van der Waals surface area contributed by atoms with Gasteiger partial charge in [0.15, 0.2) is 0 Å². The van der Waals surface area contributed by atoms with Crippen LogP contribution in [-0.4, -0.2) is 28.6 Å². The first-order chi connectivity index (χ1) is 9.40. The molecule has 0 heterocycles. The molecule has 5 nitrogen and oxygen atoms in total. The first-order valence-corrected chi connectivity index (χ1v) is 8.26. The highest BCUT2D eigenvalue weighted by atomic mass is 32.2. The molecule has 0 fully saturated rings. The largest absolute Gasteiger partial charge is 0.496 e. The van der Waals surface area contributed by atoms with E-state index in [1.54, 1.807) is 25.3 Å². The van der Waals surface area contributed by atoms with Gasteiger partial charge in [-0.3, -0.25) is 0 Å². The summed E-state index contributed by atoms with van der Waals surface area (Å²) < 4.78 is 32.2.